The molecule has 0 aliphatic carbocycles. The number of anilines is 1. The van der Waals surface area contributed by atoms with Crippen LogP contribution in [0, 0.1) is 17.3 Å². The van der Waals surface area contributed by atoms with Gasteiger partial charge in [-0.1, -0.05) is 108 Å². The first kappa shape index (κ1) is 73.2. The number of ether oxygens (including phenoxy) is 4. The highest BCUT2D eigenvalue weighted by atomic mass is 16.6. The van der Waals surface area contributed by atoms with E-state index in [0.717, 1.165) is 10.5 Å². The largest absolute Gasteiger partial charge is 0.490 e. The van der Waals surface area contributed by atoms with Crippen LogP contribution in [0.5, 0.6) is 0 Å². The lowest BCUT2D eigenvalue weighted by molar-refractivity contribution is -0.151. The van der Waals surface area contributed by atoms with E-state index >= 15 is 0 Å². The van der Waals surface area contributed by atoms with Crippen LogP contribution < -0.4 is 48.3 Å². The number of nitrogens with zero attached hydrogens (tertiary/aromatic N) is 1. The van der Waals surface area contributed by atoms with E-state index in [-0.39, 0.29) is 99.9 Å². The first-order valence-corrected chi connectivity index (χ1v) is 29.6. The Balaban J connectivity index is 1.40. The number of methoxy groups -OCH3 is 1. The molecule has 25 heteroatoms. The molecule has 1 aromatic carbocycles. The molecule has 0 saturated heterocycles. The van der Waals surface area contributed by atoms with E-state index in [9.17, 15) is 52.7 Å². The molecule has 10 N–H and O–H groups in total. The maximum absolute atomic E-state index is 13.6. The van der Waals surface area contributed by atoms with Crippen molar-refractivity contribution in [1.82, 2.24) is 42.1 Å². The number of esters is 1. The Hall–Kier alpha value is -9.03. The fourth-order valence-electron chi connectivity index (χ4n) is 8.75. The molecule has 0 bridgehead atoms. The molecule has 482 valence electrons. The van der Waals surface area contributed by atoms with Crippen molar-refractivity contribution in [2.24, 2.45) is 23.0 Å². The van der Waals surface area contributed by atoms with Crippen LogP contribution in [0.15, 0.2) is 109 Å². The molecule has 3 rings (SSSR count). The summed E-state index contributed by atoms with van der Waals surface area (Å²) >= 11 is 0. The molecule has 25 nitrogen and oxygen atoms in total. The average molecular weight is 1230 g/mol. The van der Waals surface area contributed by atoms with Crippen molar-refractivity contribution in [3.05, 3.63) is 114 Å². The van der Waals surface area contributed by atoms with E-state index in [4.69, 9.17) is 24.7 Å². The van der Waals surface area contributed by atoms with E-state index in [1.807, 2.05) is 65.8 Å². The predicted octanol–water partition coefficient (Wildman–Crippen LogP) is 5.95. The zero-order valence-electron chi connectivity index (χ0n) is 52.0. The van der Waals surface area contributed by atoms with Crippen molar-refractivity contribution in [3.8, 4) is 0 Å². The Labute approximate surface area is 515 Å². The molecule has 88 heavy (non-hydrogen) atoms. The van der Waals surface area contributed by atoms with Crippen LogP contribution in [-0.4, -0.2) is 134 Å². The van der Waals surface area contributed by atoms with Crippen molar-refractivity contribution in [3.63, 3.8) is 0 Å². The van der Waals surface area contributed by atoms with Crippen molar-refractivity contribution in [2.75, 3.05) is 38.6 Å². The third kappa shape index (κ3) is 28.4. The number of hydrogen-bond donors (Lipinski definition) is 9. The van der Waals surface area contributed by atoms with Gasteiger partial charge in [-0.25, -0.2) is 19.2 Å². The fourth-order valence-corrected chi connectivity index (χ4v) is 8.75. The number of rotatable bonds is 36. The van der Waals surface area contributed by atoms with Crippen molar-refractivity contribution < 1.29 is 71.7 Å². The number of allylic oxidation sites excluding steroid dienone is 5. The number of benzene rings is 1. The number of nitrogens with two attached hydrogens (primary N) is 1. The number of imide groups is 1. The normalized spacial score (nSPS) is 16.1. The third-order valence-corrected chi connectivity index (χ3v) is 13.6. The summed E-state index contributed by atoms with van der Waals surface area (Å²) in [5.74, 6) is -3.89. The van der Waals surface area contributed by atoms with Gasteiger partial charge >= 0.3 is 24.2 Å². The second-order valence-electron chi connectivity index (χ2n) is 22.5. The van der Waals surface area contributed by atoms with Crippen LogP contribution in [0.3, 0.4) is 0 Å². The van der Waals surface area contributed by atoms with Gasteiger partial charge < -0.3 is 67.2 Å². The molecule has 1 aromatic rings. The van der Waals surface area contributed by atoms with Crippen molar-refractivity contribution in [1.29, 1.82) is 0 Å². The number of urea groups is 1. The highest BCUT2D eigenvalue weighted by molar-refractivity contribution is 6.12. The van der Waals surface area contributed by atoms with Crippen LogP contribution in [-0.2, 0) is 63.9 Å². The molecular formula is C63H90N10O15. The Morgan fingerprint density at radius 3 is 2.08 bits per heavy atom. The van der Waals surface area contributed by atoms with Gasteiger partial charge in [-0.2, -0.15) is 0 Å². The Morgan fingerprint density at radius 2 is 1.44 bits per heavy atom. The van der Waals surface area contributed by atoms with Gasteiger partial charge in [0.15, 0.2) is 5.76 Å². The second-order valence-corrected chi connectivity index (χ2v) is 22.5. The molecule has 11 amide bonds. The number of carbonyl (C=O) groups is 11. The van der Waals surface area contributed by atoms with E-state index in [1.54, 1.807) is 62.4 Å². The maximum Gasteiger partial charge on any atom is 0.407 e. The number of amides is 11. The monoisotopic (exact) mass is 1230 g/mol. The highest BCUT2D eigenvalue weighted by Crippen LogP contribution is 2.23. The summed E-state index contributed by atoms with van der Waals surface area (Å²) in [4.78, 5) is 140. The summed E-state index contributed by atoms with van der Waals surface area (Å²) in [7, 11) is 1.42. The van der Waals surface area contributed by atoms with E-state index in [2.05, 4.69) is 42.5 Å². The SMILES string of the molecule is C/C=C\C[C@@H](C/C=C\NC(=O)[C@@H](NC(=O)\C=C/C=C\C(C)=C\[C@H](C)[C@@H]1CC=C(OC)C(=O)O1)C(C)(C)C)OC(=O)NCCCNC(=O)OCc1ccc(NC(=O)[C@H](CCCNC(N)=O)NC(=O)[C@@H](NC(=O)CCCCCN2C(=O)C=CC2=O)C(C)C)cc1. The van der Waals surface area contributed by atoms with Gasteiger partial charge in [-0.15, -0.1) is 0 Å². The zero-order chi connectivity index (χ0) is 65.2. The standard InChI is InChI=1S/C63H90N10O15/c1-10-11-21-46(22-17-34-65-58(80)55(63(6,7)8)72-51(75)25-15-14-20-42(4)39-43(5)48-30-31-49(85-9)59(81)88-48)87-62(84)68-37-19-36-67-61(83)86-40-44-26-28-45(29-27-44)69-56(78)47(23-18-35-66-60(64)82)70-57(79)54(41(2)3)71-50(74)24-13-12-16-38-73-52(76)32-33-53(73)77/h10-11,14-15,17,20,25-29,31-34,39,41,43,46-48,54-55H,12-13,16,18-19,21-24,30,35-38,40H2,1-9H3,(H,65,80)(H,67,83)(H,68,84)(H,69,78)(H,70,79)(H,71,74)(H,72,75)(H3,64,66,82)/b11-10-,20-14-,25-15-,34-17-,42-39+/t43-,46-,47-,48-,54-,55+/m0/s1. The van der Waals surface area contributed by atoms with Gasteiger partial charge in [0.2, 0.25) is 29.5 Å². The third-order valence-electron chi connectivity index (χ3n) is 13.6. The Kier molecular flexibility index (Phi) is 32.4. The number of alkyl carbamates (subject to hydrolysis) is 2. The average Bonchev–Trinajstić information content (AvgIpc) is 3.98. The van der Waals surface area contributed by atoms with Crippen molar-refractivity contribution in [2.45, 2.75) is 157 Å². The molecule has 0 radical (unpaired) electrons. The summed E-state index contributed by atoms with van der Waals surface area (Å²) in [6.07, 6.45) is 20.6. The lowest BCUT2D eigenvalue weighted by Crippen LogP contribution is -2.54. The Bertz CT molecular complexity index is 2760. The molecule has 2 aliphatic heterocycles. The molecule has 6 atom stereocenters. The predicted molar refractivity (Wildman–Crippen MR) is 330 cm³/mol. The molecule has 0 unspecified atom stereocenters. The van der Waals surface area contributed by atoms with Gasteiger partial charge in [0.05, 0.1) is 7.11 Å². The summed E-state index contributed by atoms with van der Waals surface area (Å²) < 4.78 is 21.5. The number of unbranched alkanes of at least 4 members (excludes halogenated alkanes) is 2. The van der Waals surface area contributed by atoms with E-state index < -0.39 is 77.5 Å². The molecule has 0 saturated carbocycles. The fraction of sp³-hybridized carbons (Fsp3) is 0.508. The minimum Gasteiger partial charge on any atom is -0.490 e. The molecule has 0 fully saturated rings. The maximum atomic E-state index is 13.6. The molecule has 2 aliphatic rings. The number of carbonyl (C=O) groups excluding carboxylic acids is 11. The highest BCUT2D eigenvalue weighted by Gasteiger charge is 2.33. The van der Waals surface area contributed by atoms with Crippen LogP contribution >= 0.6 is 0 Å². The van der Waals surface area contributed by atoms with E-state index in [0.29, 0.717) is 49.8 Å². The van der Waals surface area contributed by atoms with Gasteiger partial charge in [-0.05, 0) is 87.3 Å². The molecule has 0 spiro atoms. The van der Waals surface area contributed by atoms with Gasteiger partial charge in [0.1, 0.15) is 36.9 Å². The minimum absolute atomic E-state index is 0.0625. The number of hydrogen-bond acceptors (Lipinski definition) is 15. The zero-order valence-corrected chi connectivity index (χ0v) is 52.0. The summed E-state index contributed by atoms with van der Waals surface area (Å²) in [6, 6.07) is 2.76. The Morgan fingerprint density at radius 1 is 0.784 bits per heavy atom. The van der Waals surface area contributed by atoms with Crippen molar-refractivity contribution >= 4 is 71.2 Å². The van der Waals surface area contributed by atoms with Gasteiger partial charge in [-0.3, -0.25) is 38.5 Å². The van der Waals surface area contributed by atoms with Crippen LogP contribution in [0.4, 0.5) is 20.1 Å². The van der Waals surface area contributed by atoms with Crippen LogP contribution in [0.1, 0.15) is 125 Å². The second kappa shape index (κ2) is 38.9. The molecule has 2 heterocycles. The van der Waals surface area contributed by atoms with E-state index in [1.165, 1.54) is 31.5 Å². The first-order valence-electron chi connectivity index (χ1n) is 29.6. The summed E-state index contributed by atoms with van der Waals surface area (Å²) in [6.45, 7) is 15.3. The lowest BCUT2D eigenvalue weighted by atomic mass is 9.86. The van der Waals surface area contributed by atoms with Gasteiger partial charge in [0, 0.05) is 81.7 Å². The quantitative estimate of drug-likeness (QED) is 0.00713. The van der Waals surface area contributed by atoms with Gasteiger partial charge in [0.25, 0.3) is 11.8 Å². The molecule has 0 aromatic heterocycles. The smallest absolute Gasteiger partial charge is 0.407 e. The first-order chi connectivity index (χ1) is 41.8. The van der Waals surface area contributed by atoms with Crippen LogP contribution in [0.2, 0.25) is 0 Å². The number of cyclic esters (lactones) is 1. The summed E-state index contributed by atoms with van der Waals surface area (Å²) in [5, 5.41) is 21.5. The lowest BCUT2D eigenvalue weighted by Gasteiger charge is -2.29. The topological polar surface area (TPSA) is 350 Å². The van der Waals surface area contributed by atoms with Crippen LogP contribution in [0.25, 0.3) is 0 Å². The molecular weight excluding hydrogens is 1140 g/mol. The minimum atomic E-state index is -1.07. The number of primary amides is 1. The summed E-state index contributed by atoms with van der Waals surface area (Å²) in [5.41, 5.74) is 6.42. The number of nitrogens with one attached hydrogen (secondary N) is 8.